The molecule has 0 spiro atoms. The second-order valence-electron chi connectivity index (χ2n) is 6.25. The van der Waals surface area contributed by atoms with E-state index in [4.69, 9.17) is 5.73 Å². The Bertz CT molecular complexity index is 573. The van der Waals surface area contributed by atoms with Crippen molar-refractivity contribution in [1.82, 2.24) is 4.90 Å². The highest BCUT2D eigenvalue weighted by Gasteiger charge is 2.38. The van der Waals surface area contributed by atoms with Crippen molar-refractivity contribution >= 4 is 19.0 Å². The highest BCUT2D eigenvalue weighted by molar-refractivity contribution is 7.72. The molecule has 3 atom stereocenters. The molecule has 1 unspecified atom stereocenters. The van der Waals surface area contributed by atoms with Gasteiger partial charge in [0, 0.05) is 6.20 Å². The normalized spacial score (nSPS) is 29.6. The molecule has 0 bridgehead atoms. The molecule has 1 heterocycles. The van der Waals surface area contributed by atoms with Gasteiger partial charge in [0.15, 0.2) is 0 Å². The van der Waals surface area contributed by atoms with Gasteiger partial charge in [0.1, 0.15) is 23.9 Å². The molecule has 2 rings (SSSR count). The smallest absolute Gasteiger partial charge is 0.128 e. The molecule has 0 amide bonds. The van der Waals surface area contributed by atoms with Gasteiger partial charge in [0.25, 0.3) is 0 Å². The van der Waals surface area contributed by atoms with Crippen LogP contribution in [0.25, 0.3) is 0 Å². The third-order valence-corrected chi connectivity index (χ3v) is 5.16. The highest BCUT2D eigenvalue weighted by Crippen LogP contribution is 2.39. The fraction of sp³-hybridized carbons (Fsp3) is 0.467. The largest absolute Gasteiger partial charge is 0.388 e. The summed E-state index contributed by atoms with van der Waals surface area (Å²) in [6.07, 6.45) is 9.47. The van der Waals surface area contributed by atoms with E-state index < -0.39 is 19.1 Å². The van der Waals surface area contributed by atoms with Crippen molar-refractivity contribution in [3.05, 3.63) is 36.3 Å². The lowest BCUT2D eigenvalue weighted by atomic mass is 10.1. The highest BCUT2D eigenvalue weighted by atomic mass is 31.2. The van der Waals surface area contributed by atoms with Crippen LogP contribution in [0.15, 0.2) is 41.3 Å². The molecule has 1 aliphatic heterocycles. The van der Waals surface area contributed by atoms with Crippen LogP contribution in [0.1, 0.15) is 6.42 Å². The minimum absolute atomic E-state index is 0.359. The molecule has 0 radical (unpaired) electrons. The van der Waals surface area contributed by atoms with Crippen molar-refractivity contribution in [2.75, 3.05) is 19.5 Å². The van der Waals surface area contributed by atoms with E-state index in [9.17, 15) is 10.2 Å². The first-order valence-corrected chi connectivity index (χ1v) is 9.98. The number of hydrogen-bond acceptors (Lipinski definition) is 5. The molecule has 0 saturated carbocycles. The Morgan fingerprint density at radius 1 is 1.43 bits per heavy atom. The van der Waals surface area contributed by atoms with Crippen LogP contribution in [0.4, 0.5) is 0 Å². The molecule has 0 fully saturated rings. The van der Waals surface area contributed by atoms with Gasteiger partial charge in [-0.1, -0.05) is 12.7 Å². The lowest BCUT2D eigenvalue weighted by molar-refractivity contribution is 0.0222. The van der Waals surface area contributed by atoms with Crippen LogP contribution >= 0.6 is 6.89 Å². The molecule has 4 N–H and O–H groups in total. The van der Waals surface area contributed by atoms with Gasteiger partial charge in [-0.2, -0.15) is 0 Å². The number of nitrogens with two attached hydrogens (primary N) is 1. The summed E-state index contributed by atoms with van der Waals surface area (Å²) in [5.41, 5.74) is 6.48. The van der Waals surface area contributed by atoms with Gasteiger partial charge in [0.2, 0.25) is 0 Å². The van der Waals surface area contributed by atoms with Crippen LogP contribution in [-0.4, -0.2) is 65.0 Å². The maximum absolute atomic E-state index is 10.3. The van der Waals surface area contributed by atoms with Crippen LogP contribution in [0.2, 0.25) is 0 Å². The maximum atomic E-state index is 10.3. The standard InChI is InChI=1S/C15H24N3O2P/c1-10-17-13(16)5-7-18(10)12-9-11(14(19)15(12)20)6-8-21(2,3)4/h5,7,9,12,14-15,19-20H,1-2,6,8H2,3-4H3,(H2,16,17)/t12?,14-,15+/m1/s1. The average molecular weight is 309 g/mol. The lowest BCUT2D eigenvalue weighted by Gasteiger charge is -2.31. The summed E-state index contributed by atoms with van der Waals surface area (Å²) >= 11 is 0. The van der Waals surface area contributed by atoms with Crippen molar-refractivity contribution in [1.29, 1.82) is 0 Å². The summed E-state index contributed by atoms with van der Waals surface area (Å²) in [6.45, 7) is 7.01. The molecule has 0 saturated heterocycles. The summed E-state index contributed by atoms with van der Waals surface area (Å²) in [7, 11) is 0. The Morgan fingerprint density at radius 3 is 2.67 bits per heavy atom. The number of aliphatic hydroxyl groups excluding tert-OH is 2. The van der Waals surface area contributed by atoms with Gasteiger partial charge in [-0.25, -0.2) is 4.99 Å². The molecule has 6 heteroatoms. The Hall–Kier alpha value is -1.29. The summed E-state index contributed by atoms with van der Waals surface area (Å²) in [5.74, 6) is 0.853. The van der Waals surface area contributed by atoms with Crippen LogP contribution in [0.3, 0.4) is 0 Å². The molecule has 5 nitrogen and oxygen atoms in total. The number of nitrogens with zero attached hydrogens (tertiary/aromatic N) is 2. The van der Waals surface area contributed by atoms with Gasteiger partial charge in [-0.3, -0.25) is 0 Å². The van der Waals surface area contributed by atoms with Gasteiger partial charge in [-0.05, 0) is 37.6 Å². The van der Waals surface area contributed by atoms with Gasteiger partial charge >= 0.3 is 0 Å². The van der Waals surface area contributed by atoms with Crippen LogP contribution in [-0.2, 0) is 0 Å². The zero-order valence-electron chi connectivity index (χ0n) is 12.6. The van der Waals surface area contributed by atoms with Crippen molar-refractivity contribution in [3.63, 3.8) is 0 Å². The second-order valence-corrected chi connectivity index (χ2v) is 10.6. The van der Waals surface area contributed by atoms with Crippen LogP contribution in [0, 0.1) is 0 Å². The van der Waals surface area contributed by atoms with Crippen molar-refractivity contribution in [2.24, 2.45) is 10.7 Å². The first-order chi connectivity index (χ1) is 9.69. The minimum atomic E-state index is -1.15. The monoisotopic (exact) mass is 309 g/mol. The quantitative estimate of drug-likeness (QED) is 0.529. The topological polar surface area (TPSA) is 82.1 Å². The molecule has 0 aromatic rings. The van der Waals surface area contributed by atoms with E-state index in [0.29, 0.717) is 11.7 Å². The molecule has 2 aliphatic rings. The minimum Gasteiger partial charge on any atom is -0.388 e. The van der Waals surface area contributed by atoms with E-state index in [1.54, 1.807) is 17.2 Å². The van der Waals surface area contributed by atoms with E-state index >= 15 is 0 Å². The fourth-order valence-electron chi connectivity index (χ4n) is 2.49. The maximum Gasteiger partial charge on any atom is 0.128 e. The van der Waals surface area contributed by atoms with Crippen molar-refractivity contribution in [2.45, 2.75) is 24.7 Å². The van der Waals surface area contributed by atoms with E-state index in [1.165, 1.54) is 0 Å². The van der Waals surface area contributed by atoms with Crippen molar-refractivity contribution < 1.29 is 10.2 Å². The summed E-state index contributed by atoms with van der Waals surface area (Å²) in [6, 6.07) is -0.359. The predicted octanol–water partition coefficient (Wildman–Crippen LogP) is 0.774. The first kappa shape index (κ1) is 16.1. The number of aliphatic hydroxyl groups is 2. The number of rotatable bonds is 4. The summed E-state index contributed by atoms with van der Waals surface area (Å²) in [5, 5.41) is 20.5. The predicted molar refractivity (Wildman–Crippen MR) is 91.0 cm³/mol. The molecular formula is C15H24N3O2P. The summed E-state index contributed by atoms with van der Waals surface area (Å²) in [4.78, 5) is 5.83. The fourth-order valence-corrected chi connectivity index (χ4v) is 3.35. The molecule has 116 valence electrons. The van der Waals surface area contributed by atoms with Gasteiger partial charge < -0.3 is 20.8 Å². The van der Waals surface area contributed by atoms with Crippen LogP contribution in [0.5, 0.6) is 0 Å². The number of amidine groups is 1. The number of aliphatic imine (C=N–C) groups is 1. The molecular weight excluding hydrogens is 285 g/mol. The zero-order valence-corrected chi connectivity index (χ0v) is 13.5. The Morgan fingerprint density at radius 2 is 2.10 bits per heavy atom. The van der Waals surface area contributed by atoms with E-state index in [2.05, 4.69) is 31.2 Å². The Labute approximate surface area is 126 Å². The summed E-state index contributed by atoms with van der Waals surface area (Å²) < 4.78 is 0. The lowest BCUT2D eigenvalue weighted by Crippen LogP contribution is -2.41. The van der Waals surface area contributed by atoms with E-state index in [-0.39, 0.29) is 6.04 Å². The van der Waals surface area contributed by atoms with Gasteiger partial charge in [-0.15, -0.1) is 13.2 Å². The van der Waals surface area contributed by atoms with Crippen molar-refractivity contribution in [3.8, 4) is 0 Å². The zero-order chi connectivity index (χ0) is 15.8. The molecule has 21 heavy (non-hydrogen) atoms. The second kappa shape index (κ2) is 5.84. The first-order valence-electron chi connectivity index (χ1n) is 6.93. The molecule has 0 aromatic heterocycles. The van der Waals surface area contributed by atoms with Gasteiger partial charge in [0.05, 0.1) is 6.04 Å². The van der Waals surface area contributed by atoms with E-state index in [0.717, 1.165) is 18.2 Å². The SMILES string of the molecule is C=C1N=C(N)C=CN1C1C=C(CCP(=C)(C)C)[C@@H](O)[C@H]1O. The number of hydrogen-bond donors (Lipinski definition) is 3. The molecule has 0 aromatic carbocycles. The Kier molecular flexibility index (Phi) is 4.47. The van der Waals surface area contributed by atoms with E-state index in [1.807, 2.05) is 6.08 Å². The molecule has 1 aliphatic carbocycles. The third kappa shape index (κ3) is 3.67. The average Bonchev–Trinajstić information content (AvgIpc) is 2.64. The third-order valence-electron chi connectivity index (χ3n) is 3.73. The van der Waals surface area contributed by atoms with Crippen LogP contribution < -0.4 is 5.73 Å². The Balaban J connectivity index is 2.14.